The third-order valence-corrected chi connectivity index (χ3v) is 7.62. The van der Waals surface area contributed by atoms with Gasteiger partial charge in [0, 0.05) is 58.2 Å². The van der Waals surface area contributed by atoms with Crippen molar-refractivity contribution in [2.24, 2.45) is 0 Å². The number of aromatic hydroxyl groups is 2. The summed E-state index contributed by atoms with van der Waals surface area (Å²) in [6, 6.07) is 8.98. The van der Waals surface area contributed by atoms with Crippen molar-refractivity contribution in [2.45, 2.75) is 12.8 Å². The highest BCUT2D eigenvalue weighted by Gasteiger charge is 2.34. The number of fused-ring (bicyclic) bond motifs is 2. The number of hydrogen-bond acceptors (Lipinski definition) is 10. The molecule has 5 rings (SSSR count). The molecule has 0 bridgehead atoms. The summed E-state index contributed by atoms with van der Waals surface area (Å²) < 4.78 is 1.16. The van der Waals surface area contributed by atoms with Crippen molar-refractivity contribution in [3.8, 4) is 11.5 Å². The van der Waals surface area contributed by atoms with Gasteiger partial charge in [0.25, 0.3) is 0 Å². The first-order valence-electron chi connectivity index (χ1n) is 12.0. The molecule has 0 unspecified atom stereocenters. The molecule has 0 spiro atoms. The second kappa shape index (κ2) is 12.6. The van der Waals surface area contributed by atoms with E-state index in [9.17, 15) is 39.0 Å². The Morgan fingerprint density at radius 2 is 1.20 bits per heavy atom. The molecule has 1 heterocycles. The number of carbonyl (C=O) groups is 6. The van der Waals surface area contributed by atoms with Crippen molar-refractivity contribution in [1.29, 1.82) is 0 Å². The van der Waals surface area contributed by atoms with Gasteiger partial charge in [-0.2, -0.15) is 0 Å². The topological polar surface area (TPSA) is 153 Å². The zero-order valence-corrected chi connectivity index (χ0v) is 25.6. The summed E-state index contributed by atoms with van der Waals surface area (Å²) >= 11 is 5.92. The van der Waals surface area contributed by atoms with E-state index in [-0.39, 0.29) is 73.2 Å². The number of carbonyl (C=O) groups excluding carboxylic acids is 6. The SMILES string of the molecule is CN(C)C1=C(Br)C(=O)c2c(O)cccc2C1=O.CN(C)C1=CC(=O)c2c(O)cccc2C1=O.O=C1CCC(=O)N1Br. The van der Waals surface area contributed by atoms with Gasteiger partial charge in [0.05, 0.1) is 37.5 Å². The Kier molecular flexibility index (Phi) is 9.66. The minimum absolute atomic E-state index is 0.0648. The third kappa shape index (κ3) is 6.30. The van der Waals surface area contributed by atoms with Gasteiger partial charge in [-0.1, -0.05) is 12.1 Å². The van der Waals surface area contributed by atoms with E-state index in [1.165, 1.54) is 24.3 Å². The van der Waals surface area contributed by atoms with Gasteiger partial charge in [-0.15, -0.1) is 0 Å². The van der Waals surface area contributed by atoms with Crippen molar-refractivity contribution < 1.29 is 39.0 Å². The average molecular weight is 691 g/mol. The van der Waals surface area contributed by atoms with Gasteiger partial charge in [0.1, 0.15) is 17.2 Å². The maximum Gasteiger partial charge on any atom is 0.239 e. The molecule has 1 saturated heterocycles. The number of allylic oxidation sites excluding steroid dienone is 4. The van der Waals surface area contributed by atoms with Gasteiger partial charge in [-0.3, -0.25) is 28.8 Å². The Bertz CT molecular complexity index is 1540. The van der Waals surface area contributed by atoms with Crippen molar-refractivity contribution in [2.75, 3.05) is 28.2 Å². The number of hydrogen-bond donors (Lipinski definition) is 2. The predicted molar refractivity (Wildman–Crippen MR) is 155 cm³/mol. The quantitative estimate of drug-likeness (QED) is 0.353. The maximum atomic E-state index is 12.2. The Morgan fingerprint density at radius 3 is 1.63 bits per heavy atom. The molecule has 2 amide bonds. The molecule has 0 aromatic heterocycles. The number of halogens is 2. The summed E-state index contributed by atoms with van der Waals surface area (Å²) in [7, 11) is 6.78. The van der Waals surface area contributed by atoms with Crippen LogP contribution >= 0.6 is 32.1 Å². The van der Waals surface area contributed by atoms with E-state index < -0.39 is 0 Å². The van der Waals surface area contributed by atoms with Crippen LogP contribution in [0.1, 0.15) is 54.3 Å². The van der Waals surface area contributed by atoms with E-state index in [2.05, 4.69) is 32.1 Å². The number of likely N-dealkylation sites (N-methyl/N-ethyl adjacent to an activating group) is 2. The lowest BCUT2D eigenvalue weighted by Crippen LogP contribution is -2.28. The van der Waals surface area contributed by atoms with Crippen molar-refractivity contribution in [1.82, 2.24) is 13.7 Å². The number of rotatable bonds is 2. The van der Waals surface area contributed by atoms with Crippen LogP contribution in [0, 0.1) is 0 Å². The summed E-state index contributed by atoms with van der Waals surface area (Å²) in [6.45, 7) is 0. The number of Topliss-reactive ketones (excluding diaryl/α,β-unsaturated/α-hetero) is 3. The van der Waals surface area contributed by atoms with E-state index in [0.29, 0.717) is 24.2 Å². The highest BCUT2D eigenvalue weighted by atomic mass is 79.9. The largest absolute Gasteiger partial charge is 0.507 e. The number of amides is 2. The Morgan fingerprint density at radius 1 is 0.707 bits per heavy atom. The van der Waals surface area contributed by atoms with Gasteiger partial charge in [-0.05, 0) is 40.2 Å². The van der Waals surface area contributed by atoms with Crippen molar-refractivity contribution in [3.05, 3.63) is 80.6 Å². The van der Waals surface area contributed by atoms with E-state index in [1.54, 1.807) is 56.2 Å². The van der Waals surface area contributed by atoms with E-state index >= 15 is 0 Å². The first kappa shape index (κ1) is 31.4. The minimum Gasteiger partial charge on any atom is -0.507 e. The van der Waals surface area contributed by atoms with Crippen LogP contribution in [0.25, 0.3) is 0 Å². The summed E-state index contributed by atoms with van der Waals surface area (Å²) in [5.41, 5.74) is 1.29. The molecule has 1 fully saturated rings. The van der Waals surface area contributed by atoms with E-state index in [0.717, 1.165) is 3.93 Å². The van der Waals surface area contributed by atoms with Crippen LogP contribution in [-0.2, 0) is 9.59 Å². The number of ketones is 4. The van der Waals surface area contributed by atoms with Gasteiger partial charge in [0.2, 0.25) is 29.2 Å². The number of phenols is 2. The number of benzene rings is 2. The van der Waals surface area contributed by atoms with Gasteiger partial charge >= 0.3 is 0 Å². The number of nitrogens with zero attached hydrogens (tertiary/aromatic N) is 3. The zero-order valence-electron chi connectivity index (χ0n) is 22.4. The lowest BCUT2D eigenvalue weighted by molar-refractivity contribution is -0.131. The Balaban J connectivity index is 0.000000180. The fourth-order valence-electron chi connectivity index (χ4n) is 4.08. The molecule has 214 valence electrons. The monoisotopic (exact) mass is 689 g/mol. The fraction of sp³-hybridized carbons (Fsp3) is 0.214. The van der Waals surface area contributed by atoms with Crippen molar-refractivity contribution >= 4 is 67.0 Å². The second-order valence-corrected chi connectivity index (χ2v) is 10.8. The highest BCUT2D eigenvalue weighted by molar-refractivity contribution is 9.12. The summed E-state index contributed by atoms with van der Waals surface area (Å²) in [5, 5.41) is 19.2. The van der Waals surface area contributed by atoms with Crippen LogP contribution in [0.2, 0.25) is 0 Å². The van der Waals surface area contributed by atoms with Crippen LogP contribution in [0.5, 0.6) is 11.5 Å². The second-order valence-electron chi connectivity index (χ2n) is 9.30. The van der Waals surface area contributed by atoms with Gasteiger partial charge in [-0.25, -0.2) is 3.93 Å². The summed E-state index contributed by atoms with van der Waals surface area (Å²) in [5.74, 6) is -1.83. The summed E-state index contributed by atoms with van der Waals surface area (Å²) in [4.78, 5) is 72.0. The smallest absolute Gasteiger partial charge is 0.239 e. The minimum atomic E-state index is -0.374. The van der Waals surface area contributed by atoms with Crippen LogP contribution in [0.15, 0.2) is 58.4 Å². The predicted octanol–water partition coefficient (Wildman–Crippen LogP) is 3.60. The van der Waals surface area contributed by atoms with Crippen LogP contribution < -0.4 is 0 Å². The molecule has 41 heavy (non-hydrogen) atoms. The maximum absolute atomic E-state index is 12.2. The molecule has 1 aliphatic heterocycles. The molecule has 2 aliphatic carbocycles. The molecule has 3 aliphatic rings. The molecule has 11 nitrogen and oxygen atoms in total. The molecular formula is C28H25Br2N3O8. The third-order valence-electron chi connectivity index (χ3n) is 6.09. The lowest BCUT2D eigenvalue weighted by Gasteiger charge is -2.23. The standard InChI is InChI=1S/C12H10BrNO3.C12H11NO3.C4H4BrNO2/c1-14(2)10-9(13)12(17)8-6(11(10)16)4-3-5-7(8)15;1-13(2)8-6-10(15)11-7(12(8)16)4-3-5-9(11)14;5-6-3(7)1-2-4(6)8/h3-5,15H,1-2H3;3-6,14H,1-2H3;1-2H2. The molecule has 0 saturated carbocycles. The lowest BCUT2D eigenvalue weighted by atomic mass is 9.91. The van der Waals surface area contributed by atoms with E-state index in [1.807, 2.05) is 0 Å². The average Bonchev–Trinajstić information content (AvgIpc) is 3.20. The molecule has 2 aromatic carbocycles. The molecule has 2 aromatic rings. The molecular weight excluding hydrogens is 666 g/mol. The van der Waals surface area contributed by atoms with Crippen molar-refractivity contribution in [3.63, 3.8) is 0 Å². The highest BCUT2D eigenvalue weighted by Crippen LogP contribution is 2.35. The number of phenolic OH excluding ortho intramolecular Hbond substituents is 2. The fourth-order valence-corrected chi connectivity index (χ4v) is 5.17. The van der Waals surface area contributed by atoms with Gasteiger partial charge < -0.3 is 20.0 Å². The normalized spacial score (nSPS) is 15.9. The Hall–Kier alpha value is -4.10. The molecule has 13 heteroatoms. The molecule has 2 N–H and O–H groups in total. The Labute approximate surface area is 252 Å². The number of imide groups is 1. The zero-order chi connectivity index (χ0) is 30.8. The van der Waals surface area contributed by atoms with E-state index in [4.69, 9.17) is 0 Å². The van der Waals surface area contributed by atoms with Gasteiger partial charge in [0.15, 0.2) is 5.78 Å². The molecule has 0 radical (unpaired) electrons. The summed E-state index contributed by atoms with van der Waals surface area (Å²) in [6.07, 6.45) is 1.96. The van der Waals surface area contributed by atoms with Crippen LogP contribution in [0.3, 0.4) is 0 Å². The first-order valence-corrected chi connectivity index (χ1v) is 13.5. The van der Waals surface area contributed by atoms with Crippen LogP contribution in [-0.4, -0.2) is 87.1 Å². The van der Waals surface area contributed by atoms with Crippen LogP contribution in [0.4, 0.5) is 0 Å². The molecule has 0 atom stereocenters. The first-order chi connectivity index (χ1) is 19.2.